The van der Waals surface area contributed by atoms with Crippen molar-refractivity contribution in [3.63, 3.8) is 0 Å². The molecule has 0 heterocycles. The molecule has 2 amide bonds. The van der Waals surface area contributed by atoms with Crippen molar-refractivity contribution >= 4 is 23.6 Å². The Morgan fingerprint density at radius 3 is 2.04 bits per heavy atom. The molecule has 27 heavy (non-hydrogen) atoms. The van der Waals surface area contributed by atoms with Gasteiger partial charge < -0.3 is 10.2 Å². The number of carbonyl (C=O) groups is 2. The molecule has 1 atom stereocenters. The molecule has 1 N–H and O–H groups in total. The second-order valence-electron chi connectivity index (χ2n) is 6.82. The minimum absolute atomic E-state index is 0.0220. The fourth-order valence-electron chi connectivity index (χ4n) is 2.68. The molecule has 0 aliphatic carbocycles. The Bertz CT molecular complexity index is 720. The van der Waals surface area contributed by atoms with Gasteiger partial charge in [0.1, 0.15) is 6.04 Å². The van der Waals surface area contributed by atoms with Crippen molar-refractivity contribution in [2.45, 2.75) is 45.2 Å². The molecule has 0 saturated heterocycles. The van der Waals surface area contributed by atoms with Crippen LogP contribution in [0.15, 0.2) is 60.7 Å². The van der Waals surface area contributed by atoms with Crippen molar-refractivity contribution in [1.82, 2.24) is 10.2 Å². The normalized spacial score (nSPS) is 11.9. The van der Waals surface area contributed by atoms with E-state index in [9.17, 15) is 9.59 Å². The van der Waals surface area contributed by atoms with Gasteiger partial charge in [-0.3, -0.25) is 9.59 Å². The number of hydrogen-bond donors (Lipinski definition) is 1. The van der Waals surface area contributed by atoms with Gasteiger partial charge in [0.15, 0.2) is 0 Å². The van der Waals surface area contributed by atoms with Crippen molar-refractivity contribution in [2.75, 3.05) is 5.75 Å². The molecule has 0 unspecified atom stereocenters. The van der Waals surface area contributed by atoms with Crippen LogP contribution in [0, 0.1) is 0 Å². The summed E-state index contributed by atoms with van der Waals surface area (Å²) in [5.74, 6) is 0.979. The average molecular weight is 385 g/mol. The number of thioether (sulfide) groups is 1. The number of benzene rings is 2. The lowest BCUT2D eigenvalue weighted by molar-refractivity contribution is -0.138. The van der Waals surface area contributed by atoms with Crippen LogP contribution in [0.1, 0.15) is 31.9 Å². The molecular weight excluding hydrogens is 356 g/mol. The lowest BCUT2D eigenvalue weighted by Gasteiger charge is -2.29. The summed E-state index contributed by atoms with van der Waals surface area (Å²) in [6, 6.07) is 19.4. The van der Waals surface area contributed by atoms with Gasteiger partial charge in [0.05, 0.1) is 5.75 Å². The van der Waals surface area contributed by atoms with E-state index in [1.165, 1.54) is 5.56 Å². The summed E-state index contributed by atoms with van der Waals surface area (Å²) < 4.78 is 0. The lowest BCUT2D eigenvalue weighted by atomic mass is 10.1. The third kappa shape index (κ3) is 7.10. The van der Waals surface area contributed by atoms with Crippen molar-refractivity contribution in [2.24, 2.45) is 0 Å². The maximum absolute atomic E-state index is 12.9. The zero-order valence-corrected chi connectivity index (χ0v) is 17.0. The molecule has 0 aliphatic rings. The van der Waals surface area contributed by atoms with Crippen LogP contribution in [0.2, 0.25) is 0 Å². The smallest absolute Gasteiger partial charge is 0.242 e. The number of hydrogen-bond acceptors (Lipinski definition) is 3. The summed E-state index contributed by atoms with van der Waals surface area (Å²) in [6.45, 7) is 6.06. The van der Waals surface area contributed by atoms with Crippen molar-refractivity contribution in [1.29, 1.82) is 0 Å². The Labute approximate surface area is 166 Å². The molecular formula is C22H28N2O2S. The third-order valence-electron chi connectivity index (χ3n) is 4.13. The van der Waals surface area contributed by atoms with Crippen LogP contribution in [0.3, 0.4) is 0 Å². The molecule has 0 spiro atoms. The van der Waals surface area contributed by atoms with Gasteiger partial charge in [-0.15, -0.1) is 11.8 Å². The summed E-state index contributed by atoms with van der Waals surface area (Å²) in [6.07, 6.45) is 0. The highest BCUT2D eigenvalue weighted by atomic mass is 32.2. The first-order chi connectivity index (χ1) is 13.0. The van der Waals surface area contributed by atoms with Crippen LogP contribution >= 0.6 is 11.8 Å². The maximum atomic E-state index is 12.9. The van der Waals surface area contributed by atoms with Crippen LogP contribution in [0.4, 0.5) is 0 Å². The molecule has 2 aromatic rings. The lowest BCUT2D eigenvalue weighted by Crippen LogP contribution is -2.49. The molecule has 4 nitrogen and oxygen atoms in total. The number of amides is 2. The zero-order valence-electron chi connectivity index (χ0n) is 16.2. The minimum Gasteiger partial charge on any atom is -0.352 e. The fraction of sp³-hybridized carbons (Fsp3) is 0.364. The second-order valence-corrected chi connectivity index (χ2v) is 7.81. The Morgan fingerprint density at radius 2 is 1.48 bits per heavy atom. The molecule has 0 bridgehead atoms. The van der Waals surface area contributed by atoms with Gasteiger partial charge in [-0.1, -0.05) is 60.7 Å². The van der Waals surface area contributed by atoms with Gasteiger partial charge in [-0.2, -0.15) is 0 Å². The van der Waals surface area contributed by atoms with Gasteiger partial charge in [-0.05, 0) is 31.9 Å². The Kier molecular flexibility index (Phi) is 8.40. The Balaban J connectivity index is 2.03. The average Bonchev–Trinajstić information content (AvgIpc) is 2.66. The van der Waals surface area contributed by atoms with Gasteiger partial charge in [-0.25, -0.2) is 0 Å². The van der Waals surface area contributed by atoms with Crippen molar-refractivity contribution in [3.05, 3.63) is 71.8 Å². The summed E-state index contributed by atoms with van der Waals surface area (Å²) in [4.78, 5) is 27.0. The van der Waals surface area contributed by atoms with E-state index >= 15 is 0 Å². The fourth-order valence-corrected chi connectivity index (χ4v) is 3.55. The van der Waals surface area contributed by atoms with Crippen molar-refractivity contribution < 1.29 is 9.59 Å². The first-order valence-electron chi connectivity index (χ1n) is 9.23. The van der Waals surface area contributed by atoms with Gasteiger partial charge in [0.2, 0.25) is 11.8 Å². The third-order valence-corrected chi connectivity index (χ3v) is 5.12. The topological polar surface area (TPSA) is 49.4 Å². The highest BCUT2D eigenvalue weighted by molar-refractivity contribution is 7.99. The van der Waals surface area contributed by atoms with Crippen LogP contribution in [-0.2, 0) is 21.9 Å². The van der Waals surface area contributed by atoms with E-state index < -0.39 is 6.04 Å². The molecule has 0 radical (unpaired) electrons. The standard InChI is InChI=1S/C22H28N2O2S/c1-17(2)23-22(26)18(3)24(14-19-10-6-4-7-11-19)21(25)16-27-15-20-12-8-5-9-13-20/h4-13,17-18H,14-16H2,1-3H3,(H,23,26)/t18-/m1/s1. The van der Waals surface area contributed by atoms with E-state index in [2.05, 4.69) is 17.4 Å². The van der Waals surface area contributed by atoms with Crippen LogP contribution in [-0.4, -0.2) is 34.6 Å². The summed E-state index contributed by atoms with van der Waals surface area (Å²) in [7, 11) is 0. The highest BCUT2D eigenvalue weighted by Crippen LogP contribution is 2.16. The Morgan fingerprint density at radius 1 is 0.926 bits per heavy atom. The van der Waals surface area contributed by atoms with E-state index in [0.29, 0.717) is 12.3 Å². The van der Waals surface area contributed by atoms with Crippen molar-refractivity contribution in [3.8, 4) is 0 Å². The molecule has 2 rings (SSSR count). The van der Waals surface area contributed by atoms with Gasteiger partial charge in [0.25, 0.3) is 0 Å². The summed E-state index contributed by atoms with van der Waals surface area (Å²) >= 11 is 1.57. The predicted molar refractivity (Wildman–Crippen MR) is 112 cm³/mol. The van der Waals surface area contributed by atoms with Gasteiger partial charge in [0, 0.05) is 18.3 Å². The maximum Gasteiger partial charge on any atom is 0.242 e. The second kappa shape index (κ2) is 10.8. The number of rotatable bonds is 9. The molecule has 0 aliphatic heterocycles. The minimum atomic E-state index is -0.516. The zero-order chi connectivity index (χ0) is 19.6. The first kappa shape index (κ1) is 21.0. The largest absolute Gasteiger partial charge is 0.352 e. The summed E-state index contributed by atoms with van der Waals surface area (Å²) in [5.41, 5.74) is 2.21. The predicted octanol–water partition coefficient (Wildman–Crippen LogP) is 3.86. The van der Waals surface area contributed by atoms with E-state index in [4.69, 9.17) is 0 Å². The van der Waals surface area contributed by atoms with Crippen LogP contribution in [0.5, 0.6) is 0 Å². The quantitative estimate of drug-likeness (QED) is 0.714. The monoisotopic (exact) mass is 384 g/mol. The molecule has 0 aromatic heterocycles. The van der Waals surface area contributed by atoms with E-state index in [1.807, 2.05) is 62.4 Å². The first-order valence-corrected chi connectivity index (χ1v) is 10.4. The molecule has 2 aromatic carbocycles. The SMILES string of the molecule is CC(C)NC(=O)[C@@H](C)N(Cc1ccccc1)C(=O)CSCc1ccccc1. The van der Waals surface area contributed by atoms with E-state index in [0.717, 1.165) is 11.3 Å². The molecule has 5 heteroatoms. The molecule has 0 fully saturated rings. The molecule has 0 saturated carbocycles. The number of nitrogens with zero attached hydrogens (tertiary/aromatic N) is 1. The van der Waals surface area contributed by atoms with Gasteiger partial charge >= 0.3 is 0 Å². The molecule has 144 valence electrons. The van der Waals surface area contributed by atoms with Crippen LogP contribution in [0.25, 0.3) is 0 Å². The summed E-state index contributed by atoms with van der Waals surface area (Å²) in [5, 5.41) is 2.91. The number of carbonyl (C=O) groups excluding carboxylic acids is 2. The van der Waals surface area contributed by atoms with Crippen LogP contribution < -0.4 is 5.32 Å². The number of nitrogens with one attached hydrogen (secondary N) is 1. The highest BCUT2D eigenvalue weighted by Gasteiger charge is 2.26. The van der Waals surface area contributed by atoms with E-state index in [1.54, 1.807) is 23.6 Å². The van der Waals surface area contributed by atoms with E-state index in [-0.39, 0.29) is 17.9 Å². The Hall–Kier alpha value is -2.27.